The van der Waals surface area contributed by atoms with Crippen molar-refractivity contribution in [3.8, 4) is 0 Å². The highest BCUT2D eigenvalue weighted by molar-refractivity contribution is 5.75. The fourth-order valence-corrected chi connectivity index (χ4v) is 2.01. The maximum absolute atomic E-state index is 11.7. The van der Waals surface area contributed by atoms with E-state index in [1.54, 1.807) is 6.07 Å². The van der Waals surface area contributed by atoms with Crippen molar-refractivity contribution >= 4 is 11.9 Å². The Morgan fingerprint density at radius 1 is 1.43 bits per heavy atom. The van der Waals surface area contributed by atoms with Gasteiger partial charge < -0.3 is 10.4 Å². The van der Waals surface area contributed by atoms with E-state index in [-0.39, 0.29) is 24.8 Å². The molecule has 0 saturated carbocycles. The van der Waals surface area contributed by atoms with Crippen LogP contribution in [0.3, 0.4) is 0 Å². The van der Waals surface area contributed by atoms with Gasteiger partial charge in [-0.2, -0.15) is 0 Å². The fraction of sp³-hybridized carbons (Fsp3) is 0.571. The number of aromatic nitrogens is 2. The van der Waals surface area contributed by atoms with Crippen LogP contribution in [0.5, 0.6) is 0 Å². The predicted octanol–water partition coefficient (Wildman–Crippen LogP) is 0.641. The summed E-state index contributed by atoms with van der Waals surface area (Å²) in [4.78, 5) is 37.2. The first-order valence-electron chi connectivity index (χ1n) is 7.02. The molecule has 0 aliphatic carbocycles. The Labute approximate surface area is 123 Å². The van der Waals surface area contributed by atoms with Crippen LogP contribution in [0.15, 0.2) is 23.3 Å². The Kier molecular flexibility index (Phi) is 7.14. The summed E-state index contributed by atoms with van der Waals surface area (Å²) < 4.78 is 1.23. The predicted molar refractivity (Wildman–Crippen MR) is 76.8 cm³/mol. The second kappa shape index (κ2) is 8.89. The standard InChI is InChI=1S/C14H21N3O4/c1-2-11(4-5-13(19)20)6-8-15-12(18)10-17-9-3-7-16-14(17)21/h3,7,9,11H,2,4-6,8,10H2,1H3,(H,15,18)(H,19,20). The first-order chi connectivity index (χ1) is 10.0. The van der Waals surface area contributed by atoms with Gasteiger partial charge in [-0.3, -0.25) is 14.2 Å². The van der Waals surface area contributed by atoms with Gasteiger partial charge in [0.25, 0.3) is 0 Å². The van der Waals surface area contributed by atoms with E-state index in [0.29, 0.717) is 13.0 Å². The normalized spacial score (nSPS) is 11.9. The van der Waals surface area contributed by atoms with Crippen LogP contribution in [-0.2, 0) is 16.1 Å². The van der Waals surface area contributed by atoms with Crippen LogP contribution in [0, 0.1) is 5.92 Å². The third-order valence-electron chi connectivity index (χ3n) is 3.32. The second-order valence-corrected chi connectivity index (χ2v) is 4.88. The zero-order chi connectivity index (χ0) is 15.7. The molecule has 1 aromatic rings. The van der Waals surface area contributed by atoms with Crippen molar-refractivity contribution in [3.63, 3.8) is 0 Å². The fourth-order valence-electron chi connectivity index (χ4n) is 2.01. The monoisotopic (exact) mass is 295 g/mol. The summed E-state index contributed by atoms with van der Waals surface area (Å²) in [6.07, 6.45) is 5.27. The maximum Gasteiger partial charge on any atom is 0.347 e. The molecule has 1 rings (SSSR count). The number of hydrogen-bond donors (Lipinski definition) is 2. The van der Waals surface area contributed by atoms with Crippen molar-refractivity contribution in [1.29, 1.82) is 0 Å². The number of nitrogens with zero attached hydrogens (tertiary/aromatic N) is 2. The number of amides is 1. The zero-order valence-electron chi connectivity index (χ0n) is 12.1. The minimum absolute atomic E-state index is 0.0570. The van der Waals surface area contributed by atoms with Crippen LogP contribution in [-0.4, -0.2) is 33.1 Å². The highest BCUT2D eigenvalue weighted by atomic mass is 16.4. The van der Waals surface area contributed by atoms with Crippen LogP contribution in [0.2, 0.25) is 0 Å². The van der Waals surface area contributed by atoms with Gasteiger partial charge in [0.1, 0.15) is 6.54 Å². The van der Waals surface area contributed by atoms with Crippen molar-refractivity contribution in [2.24, 2.45) is 5.92 Å². The molecule has 0 aliphatic heterocycles. The number of nitrogens with one attached hydrogen (secondary N) is 1. The number of hydrogen-bond acceptors (Lipinski definition) is 4. The van der Waals surface area contributed by atoms with E-state index < -0.39 is 11.7 Å². The van der Waals surface area contributed by atoms with Crippen molar-refractivity contribution in [3.05, 3.63) is 28.9 Å². The summed E-state index contributed by atoms with van der Waals surface area (Å²) in [7, 11) is 0. The molecule has 0 aromatic carbocycles. The topological polar surface area (TPSA) is 101 Å². The SMILES string of the molecule is CCC(CCNC(=O)Cn1cccnc1=O)CCC(=O)O. The summed E-state index contributed by atoms with van der Waals surface area (Å²) in [5, 5.41) is 11.4. The Hall–Kier alpha value is -2.18. The molecule has 0 saturated heterocycles. The summed E-state index contributed by atoms with van der Waals surface area (Å²) >= 11 is 0. The van der Waals surface area contributed by atoms with Gasteiger partial charge >= 0.3 is 11.7 Å². The molecule has 2 N–H and O–H groups in total. The Morgan fingerprint density at radius 3 is 2.81 bits per heavy atom. The molecule has 7 nitrogen and oxygen atoms in total. The van der Waals surface area contributed by atoms with Crippen LogP contribution >= 0.6 is 0 Å². The van der Waals surface area contributed by atoms with Crippen LogP contribution in [0.4, 0.5) is 0 Å². The van der Waals surface area contributed by atoms with E-state index in [1.807, 2.05) is 6.92 Å². The molecule has 1 unspecified atom stereocenters. The summed E-state index contributed by atoms with van der Waals surface area (Å²) in [6, 6.07) is 1.59. The highest BCUT2D eigenvalue weighted by Crippen LogP contribution is 2.14. The van der Waals surface area contributed by atoms with Gasteiger partial charge in [0, 0.05) is 25.4 Å². The van der Waals surface area contributed by atoms with Crippen LogP contribution in [0.25, 0.3) is 0 Å². The Bertz CT molecular complexity index is 527. The van der Waals surface area contributed by atoms with Crippen molar-refractivity contribution in [1.82, 2.24) is 14.9 Å². The molecule has 0 radical (unpaired) electrons. The highest BCUT2D eigenvalue weighted by Gasteiger charge is 2.10. The minimum Gasteiger partial charge on any atom is -0.481 e. The molecule has 21 heavy (non-hydrogen) atoms. The summed E-state index contributed by atoms with van der Waals surface area (Å²) in [5.74, 6) is -0.769. The lowest BCUT2D eigenvalue weighted by Crippen LogP contribution is -2.33. The van der Waals surface area contributed by atoms with Gasteiger partial charge in [0.15, 0.2) is 0 Å². The molecule has 1 heterocycles. The van der Waals surface area contributed by atoms with Crippen molar-refractivity contribution in [2.75, 3.05) is 6.54 Å². The largest absolute Gasteiger partial charge is 0.481 e. The van der Waals surface area contributed by atoms with Gasteiger partial charge in [0.05, 0.1) is 0 Å². The van der Waals surface area contributed by atoms with Gasteiger partial charge in [0.2, 0.25) is 5.91 Å². The Balaban J connectivity index is 2.31. The van der Waals surface area contributed by atoms with E-state index in [0.717, 1.165) is 12.8 Å². The van der Waals surface area contributed by atoms with Gasteiger partial charge in [-0.15, -0.1) is 0 Å². The van der Waals surface area contributed by atoms with Gasteiger partial charge in [-0.05, 0) is 24.8 Å². The molecular formula is C14H21N3O4. The van der Waals surface area contributed by atoms with Crippen LogP contribution in [0.1, 0.15) is 32.6 Å². The lowest BCUT2D eigenvalue weighted by molar-refractivity contribution is -0.137. The average molecular weight is 295 g/mol. The van der Waals surface area contributed by atoms with Crippen molar-refractivity contribution in [2.45, 2.75) is 39.2 Å². The molecule has 0 spiro atoms. The molecule has 1 amide bonds. The van der Waals surface area contributed by atoms with E-state index in [9.17, 15) is 14.4 Å². The maximum atomic E-state index is 11.7. The first-order valence-corrected chi connectivity index (χ1v) is 7.02. The zero-order valence-corrected chi connectivity index (χ0v) is 12.1. The molecule has 1 atom stereocenters. The molecule has 1 aromatic heterocycles. The number of carboxylic acid groups (broad SMARTS) is 1. The average Bonchev–Trinajstić information content (AvgIpc) is 2.45. The van der Waals surface area contributed by atoms with Gasteiger partial charge in [-0.1, -0.05) is 13.3 Å². The van der Waals surface area contributed by atoms with E-state index >= 15 is 0 Å². The third-order valence-corrected chi connectivity index (χ3v) is 3.32. The first kappa shape index (κ1) is 16.9. The molecule has 0 bridgehead atoms. The lowest BCUT2D eigenvalue weighted by Gasteiger charge is -2.14. The molecular weight excluding hydrogens is 274 g/mol. The minimum atomic E-state index is -0.798. The smallest absolute Gasteiger partial charge is 0.347 e. The quantitative estimate of drug-likeness (QED) is 0.696. The lowest BCUT2D eigenvalue weighted by atomic mass is 9.97. The van der Waals surface area contributed by atoms with Crippen LogP contribution < -0.4 is 11.0 Å². The number of carbonyl (C=O) groups is 2. The third kappa shape index (κ3) is 6.69. The molecule has 0 fully saturated rings. The van der Waals surface area contributed by atoms with Gasteiger partial charge in [-0.25, -0.2) is 9.78 Å². The molecule has 116 valence electrons. The molecule has 0 aliphatic rings. The van der Waals surface area contributed by atoms with E-state index in [1.165, 1.54) is 17.0 Å². The second-order valence-electron chi connectivity index (χ2n) is 4.88. The number of carbonyl (C=O) groups excluding carboxylic acids is 1. The summed E-state index contributed by atoms with van der Waals surface area (Å²) in [6.45, 7) is 2.42. The number of carboxylic acids is 1. The number of rotatable bonds is 9. The number of aliphatic carboxylic acids is 1. The van der Waals surface area contributed by atoms with Crippen molar-refractivity contribution < 1.29 is 14.7 Å². The Morgan fingerprint density at radius 2 is 2.19 bits per heavy atom. The van der Waals surface area contributed by atoms with E-state index in [4.69, 9.17) is 5.11 Å². The van der Waals surface area contributed by atoms with E-state index in [2.05, 4.69) is 10.3 Å². The summed E-state index contributed by atoms with van der Waals surface area (Å²) in [5.41, 5.74) is -0.458. The molecule has 7 heteroatoms.